The van der Waals surface area contributed by atoms with Crippen LogP contribution in [-0.4, -0.2) is 38.8 Å². The number of aromatic amines is 1. The molecule has 10 heteroatoms. The van der Waals surface area contributed by atoms with Crippen LogP contribution in [0.2, 0.25) is 0 Å². The Morgan fingerprint density at radius 1 is 1.00 bits per heavy atom. The first-order chi connectivity index (χ1) is 13.6. The van der Waals surface area contributed by atoms with Gasteiger partial charge in [0.25, 0.3) is 0 Å². The molecule has 0 saturated heterocycles. The van der Waals surface area contributed by atoms with E-state index < -0.39 is 21.7 Å². The molecule has 0 bridgehead atoms. The maximum absolute atomic E-state index is 13.5. The third-order valence-electron chi connectivity index (χ3n) is 4.09. The van der Waals surface area contributed by atoms with Crippen molar-refractivity contribution in [3.05, 3.63) is 54.2 Å². The number of nitrogens with zero attached hydrogens (tertiary/aromatic N) is 1. The second-order valence-electron chi connectivity index (χ2n) is 6.19. The van der Waals surface area contributed by atoms with Crippen molar-refractivity contribution in [2.24, 2.45) is 0 Å². The van der Waals surface area contributed by atoms with E-state index in [1.54, 1.807) is 0 Å². The number of halogens is 3. The van der Waals surface area contributed by atoms with E-state index in [0.717, 1.165) is 6.26 Å². The Morgan fingerprint density at radius 2 is 1.59 bits per heavy atom. The summed E-state index contributed by atoms with van der Waals surface area (Å²) < 4.78 is 73.9. The summed E-state index contributed by atoms with van der Waals surface area (Å²) in [5.74, 6) is 0.437. The molecule has 0 fully saturated rings. The van der Waals surface area contributed by atoms with E-state index in [1.165, 1.54) is 55.6 Å². The molecule has 0 aliphatic rings. The number of aromatic nitrogens is 2. The van der Waals surface area contributed by atoms with Crippen molar-refractivity contribution in [2.45, 2.75) is 11.1 Å². The van der Waals surface area contributed by atoms with Crippen molar-refractivity contribution >= 4 is 9.84 Å². The summed E-state index contributed by atoms with van der Waals surface area (Å²) in [6.45, 7) is 0.0107. The van der Waals surface area contributed by atoms with Gasteiger partial charge in [0.05, 0.1) is 4.90 Å². The molecule has 1 N–H and O–H groups in total. The SMILES string of the molecule is COCOc1ccc(-c2c(-c3ccc(S(C)(=O)=O)cc3)n[nH]c2C(F)(F)F)cc1. The summed E-state index contributed by atoms with van der Waals surface area (Å²) in [6.07, 6.45) is -3.60. The number of nitrogens with one attached hydrogen (secondary N) is 1. The van der Waals surface area contributed by atoms with E-state index >= 15 is 0 Å². The number of hydrogen-bond donors (Lipinski definition) is 1. The van der Waals surface area contributed by atoms with Gasteiger partial charge in [0, 0.05) is 24.5 Å². The van der Waals surface area contributed by atoms with Crippen molar-refractivity contribution in [1.82, 2.24) is 10.2 Å². The zero-order chi connectivity index (χ0) is 21.2. The molecule has 0 saturated carbocycles. The molecule has 3 rings (SSSR count). The molecule has 154 valence electrons. The average molecular weight is 426 g/mol. The van der Waals surface area contributed by atoms with Crippen LogP contribution >= 0.6 is 0 Å². The van der Waals surface area contributed by atoms with E-state index in [-0.39, 0.29) is 28.5 Å². The quantitative estimate of drug-likeness (QED) is 0.599. The van der Waals surface area contributed by atoms with Crippen LogP contribution in [0.25, 0.3) is 22.4 Å². The number of methoxy groups -OCH3 is 1. The molecule has 29 heavy (non-hydrogen) atoms. The molecule has 1 aromatic heterocycles. The molecule has 0 spiro atoms. The Hall–Kier alpha value is -2.85. The standard InChI is InChI=1S/C19H17F3N2O4S/c1-27-11-28-14-7-3-12(4-8-14)16-17(23-24-18(16)19(20,21)22)13-5-9-15(10-6-13)29(2,25)26/h3-10H,11H2,1-2H3,(H,23,24). The molecule has 0 atom stereocenters. The van der Waals surface area contributed by atoms with Crippen molar-refractivity contribution < 1.29 is 31.1 Å². The smallest absolute Gasteiger partial charge is 0.433 e. The monoisotopic (exact) mass is 426 g/mol. The highest BCUT2D eigenvalue weighted by Crippen LogP contribution is 2.41. The summed E-state index contributed by atoms with van der Waals surface area (Å²) >= 11 is 0. The van der Waals surface area contributed by atoms with E-state index in [4.69, 9.17) is 9.47 Å². The molecule has 3 aromatic rings. The number of ether oxygens (including phenoxy) is 2. The van der Waals surface area contributed by atoms with Gasteiger partial charge >= 0.3 is 6.18 Å². The van der Waals surface area contributed by atoms with Crippen LogP contribution in [0.5, 0.6) is 5.75 Å². The minimum absolute atomic E-state index is 0.0107. The van der Waals surface area contributed by atoms with E-state index in [0.29, 0.717) is 11.3 Å². The highest BCUT2D eigenvalue weighted by molar-refractivity contribution is 7.90. The van der Waals surface area contributed by atoms with Crippen LogP contribution in [0.3, 0.4) is 0 Å². The molecule has 0 unspecified atom stereocenters. The maximum Gasteiger partial charge on any atom is 0.433 e. The lowest BCUT2D eigenvalue weighted by atomic mass is 9.98. The molecule has 0 radical (unpaired) electrons. The average Bonchev–Trinajstić information content (AvgIpc) is 3.12. The molecular weight excluding hydrogens is 409 g/mol. The fourth-order valence-electron chi connectivity index (χ4n) is 2.74. The third kappa shape index (κ3) is 4.60. The van der Waals surface area contributed by atoms with Gasteiger partial charge in [-0.1, -0.05) is 24.3 Å². The highest BCUT2D eigenvalue weighted by atomic mass is 32.2. The molecule has 1 heterocycles. The summed E-state index contributed by atoms with van der Waals surface area (Å²) in [4.78, 5) is 0.0639. The lowest BCUT2D eigenvalue weighted by Crippen LogP contribution is -2.07. The second-order valence-corrected chi connectivity index (χ2v) is 8.21. The lowest BCUT2D eigenvalue weighted by molar-refractivity contribution is -0.140. The first-order valence-electron chi connectivity index (χ1n) is 8.29. The van der Waals surface area contributed by atoms with E-state index in [9.17, 15) is 21.6 Å². The van der Waals surface area contributed by atoms with Crippen LogP contribution in [0.1, 0.15) is 5.69 Å². The van der Waals surface area contributed by atoms with Gasteiger partial charge in [-0.15, -0.1) is 0 Å². The summed E-state index contributed by atoms with van der Waals surface area (Å²) in [5.41, 5.74) is -0.451. The Morgan fingerprint density at radius 3 is 2.10 bits per heavy atom. The van der Waals surface area contributed by atoms with Gasteiger partial charge in [0.15, 0.2) is 16.6 Å². The maximum atomic E-state index is 13.5. The zero-order valence-corrected chi connectivity index (χ0v) is 16.3. The van der Waals surface area contributed by atoms with Crippen LogP contribution < -0.4 is 4.74 Å². The largest absolute Gasteiger partial charge is 0.468 e. The van der Waals surface area contributed by atoms with Crippen LogP contribution in [-0.2, 0) is 20.8 Å². The molecule has 0 aliphatic heterocycles. The van der Waals surface area contributed by atoms with Gasteiger partial charge in [-0.3, -0.25) is 5.10 Å². The van der Waals surface area contributed by atoms with Gasteiger partial charge in [-0.25, -0.2) is 8.42 Å². The number of benzene rings is 2. The van der Waals surface area contributed by atoms with Crippen molar-refractivity contribution in [1.29, 1.82) is 0 Å². The third-order valence-corrected chi connectivity index (χ3v) is 5.22. The lowest BCUT2D eigenvalue weighted by Gasteiger charge is -2.11. The molecule has 6 nitrogen and oxygen atoms in total. The van der Waals surface area contributed by atoms with Gasteiger partial charge < -0.3 is 9.47 Å². The Labute approximate surface area is 165 Å². The Kier molecular flexibility index (Phi) is 5.67. The van der Waals surface area contributed by atoms with E-state index in [2.05, 4.69) is 10.2 Å². The van der Waals surface area contributed by atoms with Gasteiger partial charge in [0.1, 0.15) is 17.1 Å². The first-order valence-corrected chi connectivity index (χ1v) is 10.2. The Balaban J connectivity index is 2.09. The van der Waals surface area contributed by atoms with Crippen molar-refractivity contribution in [2.75, 3.05) is 20.2 Å². The van der Waals surface area contributed by atoms with Gasteiger partial charge in [-0.05, 0) is 29.8 Å². The predicted octanol–water partition coefficient (Wildman–Crippen LogP) is 4.15. The number of rotatable bonds is 6. The minimum Gasteiger partial charge on any atom is -0.468 e. The zero-order valence-electron chi connectivity index (χ0n) is 15.4. The molecule has 0 amide bonds. The van der Waals surface area contributed by atoms with Crippen molar-refractivity contribution in [3.63, 3.8) is 0 Å². The van der Waals surface area contributed by atoms with Gasteiger partial charge in [-0.2, -0.15) is 18.3 Å². The van der Waals surface area contributed by atoms with Crippen LogP contribution in [0, 0.1) is 0 Å². The fourth-order valence-corrected chi connectivity index (χ4v) is 3.37. The first kappa shape index (κ1) is 20.9. The second kappa shape index (κ2) is 7.88. The number of sulfone groups is 1. The predicted molar refractivity (Wildman–Crippen MR) is 100 cm³/mol. The van der Waals surface area contributed by atoms with Crippen molar-refractivity contribution in [3.8, 4) is 28.1 Å². The number of alkyl halides is 3. The minimum atomic E-state index is -4.65. The van der Waals surface area contributed by atoms with E-state index in [1.807, 2.05) is 0 Å². The molecule has 2 aromatic carbocycles. The van der Waals surface area contributed by atoms with Gasteiger partial charge in [0.2, 0.25) is 0 Å². The highest BCUT2D eigenvalue weighted by Gasteiger charge is 2.38. The fraction of sp³-hybridized carbons (Fsp3) is 0.211. The number of H-pyrrole nitrogens is 1. The topological polar surface area (TPSA) is 81.3 Å². The summed E-state index contributed by atoms with van der Waals surface area (Å²) in [6, 6.07) is 11.5. The number of hydrogen-bond acceptors (Lipinski definition) is 5. The van der Waals surface area contributed by atoms with Crippen LogP contribution in [0.4, 0.5) is 13.2 Å². The molecular formula is C19H17F3N2O4S. The molecule has 0 aliphatic carbocycles. The summed E-state index contributed by atoms with van der Waals surface area (Å²) in [5, 5.41) is 5.91. The Bertz CT molecular complexity index is 1090. The summed E-state index contributed by atoms with van der Waals surface area (Å²) in [7, 11) is -1.97. The van der Waals surface area contributed by atoms with Crippen LogP contribution in [0.15, 0.2) is 53.4 Å². The normalized spacial score (nSPS) is 12.2.